The summed E-state index contributed by atoms with van der Waals surface area (Å²) >= 11 is 1.75. The van der Waals surface area contributed by atoms with E-state index in [4.69, 9.17) is 0 Å². The van der Waals surface area contributed by atoms with Crippen LogP contribution in [-0.4, -0.2) is 44.1 Å². The molecule has 0 aliphatic heterocycles. The number of aliphatic imine (C=N–C) groups is 1. The van der Waals surface area contributed by atoms with Crippen LogP contribution in [0, 0.1) is 0 Å². The lowest BCUT2D eigenvalue weighted by molar-refractivity contribution is 0.219. The third-order valence-electron chi connectivity index (χ3n) is 3.28. The van der Waals surface area contributed by atoms with Crippen molar-refractivity contribution in [3.05, 3.63) is 35.0 Å². The van der Waals surface area contributed by atoms with Crippen LogP contribution >= 0.6 is 35.3 Å². The molecule has 0 aliphatic carbocycles. The molecule has 4 nitrogen and oxygen atoms in total. The van der Waals surface area contributed by atoms with Crippen LogP contribution in [0.25, 0.3) is 0 Å². The first-order chi connectivity index (χ1) is 9.76. The number of nitrogens with one attached hydrogen (secondary N) is 2. The Kier molecular flexibility index (Phi) is 11.7. The van der Waals surface area contributed by atoms with Crippen LogP contribution in [0.2, 0.25) is 0 Å². The Labute approximate surface area is 149 Å². The van der Waals surface area contributed by atoms with E-state index in [1.165, 1.54) is 5.56 Å². The molecular weight excluding hydrogens is 395 g/mol. The summed E-state index contributed by atoms with van der Waals surface area (Å²) in [6, 6.07) is 2.58. The average molecular weight is 422 g/mol. The molecule has 1 aromatic rings. The van der Waals surface area contributed by atoms with Gasteiger partial charge in [-0.2, -0.15) is 11.3 Å². The first-order valence-electron chi connectivity index (χ1n) is 7.08. The maximum Gasteiger partial charge on any atom is 0.191 e. The minimum atomic E-state index is 0. The fraction of sp³-hybridized carbons (Fsp3) is 0.533. The summed E-state index contributed by atoms with van der Waals surface area (Å²) in [4.78, 5) is 6.67. The third kappa shape index (κ3) is 6.80. The number of likely N-dealkylation sites (N-methyl/N-ethyl adjacent to an activating group) is 1. The molecule has 1 rings (SSSR count). The van der Waals surface area contributed by atoms with Gasteiger partial charge in [-0.1, -0.05) is 19.9 Å². The second-order valence-corrected chi connectivity index (χ2v) is 5.20. The minimum Gasteiger partial charge on any atom is -0.354 e. The smallest absolute Gasteiger partial charge is 0.191 e. The molecule has 120 valence electrons. The molecule has 0 bridgehead atoms. The van der Waals surface area contributed by atoms with Crippen LogP contribution in [0.4, 0.5) is 0 Å². The molecule has 0 spiro atoms. The van der Waals surface area contributed by atoms with E-state index >= 15 is 0 Å². The SMILES string of the molecule is C=CCNC(=NC)NCC(c1ccsc1)N(CC)CC.I. The van der Waals surface area contributed by atoms with Crippen LogP contribution < -0.4 is 10.6 Å². The zero-order valence-electron chi connectivity index (χ0n) is 13.1. The van der Waals surface area contributed by atoms with Crippen molar-refractivity contribution in [2.75, 3.05) is 33.2 Å². The monoisotopic (exact) mass is 422 g/mol. The maximum atomic E-state index is 4.22. The Morgan fingerprint density at radius 3 is 2.62 bits per heavy atom. The Bertz CT molecular complexity index is 402. The number of halogens is 1. The molecule has 0 aromatic carbocycles. The van der Waals surface area contributed by atoms with E-state index in [0.717, 1.165) is 25.6 Å². The van der Waals surface area contributed by atoms with Crippen molar-refractivity contribution in [3.8, 4) is 0 Å². The van der Waals surface area contributed by atoms with E-state index in [9.17, 15) is 0 Å². The zero-order valence-corrected chi connectivity index (χ0v) is 16.3. The first kappa shape index (κ1) is 20.4. The van der Waals surface area contributed by atoms with Crippen molar-refractivity contribution >= 4 is 41.3 Å². The van der Waals surface area contributed by atoms with Gasteiger partial charge in [-0.05, 0) is 35.5 Å². The summed E-state index contributed by atoms with van der Waals surface area (Å²) in [6.45, 7) is 11.7. The summed E-state index contributed by atoms with van der Waals surface area (Å²) in [5.41, 5.74) is 1.37. The van der Waals surface area contributed by atoms with Crippen molar-refractivity contribution in [3.63, 3.8) is 0 Å². The first-order valence-corrected chi connectivity index (χ1v) is 8.02. The largest absolute Gasteiger partial charge is 0.354 e. The molecule has 1 aromatic heterocycles. The molecule has 6 heteroatoms. The predicted molar refractivity (Wildman–Crippen MR) is 105 cm³/mol. The minimum absolute atomic E-state index is 0. The number of rotatable bonds is 8. The normalized spacial score (nSPS) is 12.7. The lowest BCUT2D eigenvalue weighted by atomic mass is 10.1. The van der Waals surface area contributed by atoms with Crippen LogP contribution in [0.1, 0.15) is 25.5 Å². The van der Waals surface area contributed by atoms with Crippen LogP contribution in [-0.2, 0) is 0 Å². The number of guanidine groups is 1. The van der Waals surface area contributed by atoms with Crippen molar-refractivity contribution in [1.29, 1.82) is 0 Å². The predicted octanol–water partition coefficient (Wildman–Crippen LogP) is 3.10. The lowest BCUT2D eigenvalue weighted by Gasteiger charge is -2.30. The average Bonchev–Trinajstić information content (AvgIpc) is 3.00. The molecule has 0 fully saturated rings. The Hall–Kier alpha value is -0.600. The molecule has 0 radical (unpaired) electrons. The third-order valence-corrected chi connectivity index (χ3v) is 3.98. The lowest BCUT2D eigenvalue weighted by Crippen LogP contribution is -2.43. The molecule has 0 saturated heterocycles. The van der Waals surface area contributed by atoms with E-state index in [0.29, 0.717) is 12.6 Å². The fourth-order valence-electron chi connectivity index (χ4n) is 2.17. The Balaban J connectivity index is 0.00000400. The second-order valence-electron chi connectivity index (χ2n) is 4.42. The zero-order chi connectivity index (χ0) is 14.8. The highest BCUT2D eigenvalue weighted by atomic mass is 127. The highest BCUT2D eigenvalue weighted by molar-refractivity contribution is 14.0. The van der Waals surface area contributed by atoms with E-state index in [2.05, 4.69) is 57.8 Å². The Morgan fingerprint density at radius 1 is 1.43 bits per heavy atom. The molecule has 0 saturated carbocycles. The summed E-state index contributed by atoms with van der Waals surface area (Å²) in [6.07, 6.45) is 1.83. The van der Waals surface area contributed by atoms with Gasteiger partial charge in [0.1, 0.15) is 0 Å². The second kappa shape index (κ2) is 12.0. The standard InChI is InChI=1S/C15H26N4S.HI/c1-5-9-17-15(16-4)18-11-14(19(6-2)7-3)13-8-10-20-12-13;/h5,8,10,12,14H,1,6-7,9,11H2,2-4H3,(H2,16,17,18);1H. The van der Waals surface area contributed by atoms with Crippen molar-refractivity contribution in [2.24, 2.45) is 4.99 Å². The molecule has 21 heavy (non-hydrogen) atoms. The number of hydrogen-bond acceptors (Lipinski definition) is 3. The number of hydrogen-bond donors (Lipinski definition) is 2. The van der Waals surface area contributed by atoms with Crippen LogP contribution in [0.3, 0.4) is 0 Å². The topological polar surface area (TPSA) is 39.7 Å². The number of thiophene rings is 1. The maximum absolute atomic E-state index is 4.22. The van der Waals surface area contributed by atoms with E-state index < -0.39 is 0 Å². The van der Waals surface area contributed by atoms with Gasteiger partial charge in [-0.3, -0.25) is 9.89 Å². The van der Waals surface area contributed by atoms with Crippen molar-refractivity contribution < 1.29 is 0 Å². The Morgan fingerprint density at radius 2 is 2.14 bits per heavy atom. The van der Waals surface area contributed by atoms with Gasteiger partial charge in [0.25, 0.3) is 0 Å². The fourth-order valence-corrected chi connectivity index (χ4v) is 2.88. The van der Waals surface area contributed by atoms with Gasteiger partial charge in [-0.15, -0.1) is 30.6 Å². The molecule has 1 unspecified atom stereocenters. The van der Waals surface area contributed by atoms with Crippen molar-refractivity contribution in [2.45, 2.75) is 19.9 Å². The molecule has 1 heterocycles. The van der Waals surface area contributed by atoms with Gasteiger partial charge in [0.15, 0.2) is 5.96 Å². The summed E-state index contributed by atoms with van der Waals surface area (Å²) in [5, 5.41) is 11.0. The van der Waals surface area contributed by atoms with E-state index in [1.54, 1.807) is 18.4 Å². The van der Waals surface area contributed by atoms with Gasteiger partial charge >= 0.3 is 0 Å². The van der Waals surface area contributed by atoms with E-state index in [-0.39, 0.29) is 24.0 Å². The van der Waals surface area contributed by atoms with Crippen LogP contribution in [0.15, 0.2) is 34.5 Å². The molecular formula is C15H27IN4S. The van der Waals surface area contributed by atoms with Gasteiger partial charge in [0.05, 0.1) is 6.04 Å². The molecule has 0 aliphatic rings. The molecule has 0 amide bonds. The highest BCUT2D eigenvalue weighted by Crippen LogP contribution is 2.22. The quantitative estimate of drug-likeness (QED) is 0.293. The molecule has 2 N–H and O–H groups in total. The number of nitrogens with zero attached hydrogens (tertiary/aromatic N) is 2. The van der Waals surface area contributed by atoms with Crippen LogP contribution in [0.5, 0.6) is 0 Å². The summed E-state index contributed by atoms with van der Waals surface area (Å²) in [7, 11) is 1.79. The van der Waals surface area contributed by atoms with Gasteiger partial charge in [-0.25, -0.2) is 0 Å². The summed E-state index contributed by atoms with van der Waals surface area (Å²) in [5.74, 6) is 0.817. The van der Waals surface area contributed by atoms with Gasteiger partial charge in [0.2, 0.25) is 0 Å². The highest BCUT2D eigenvalue weighted by Gasteiger charge is 2.18. The van der Waals surface area contributed by atoms with E-state index in [1.807, 2.05) is 6.08 Å². The summed E-state index contributed by atoms with van der Waals surface area (Å²) < 4.78 is 0. The van der Waals surface area contributed by atoms with Gasteiger partial charge < -0.3 is 10.6 Å². The van der Waals surface area contributed by atoms with Crippen molar-refractivity contribution in [1.82, 2.24) is 15.5 Å². The van der Waals surface area contributed by atoms with Gasteiger partial charge in [0, 0.05) is 20.1 Å². The molecule has 1 atom stereocenters.